The maximum atomic E-state index is 6.12. The SMILES string of the molecule is CCn1nc(-c2ccc3cc(Cl)c(Cl)cc3c2)n(CC)c1=S. The Morgan fingerprint density at radius 3 is 2.32 bits per heavy atom. The molecule has 1 heterocycles. The van der Waals surface area contributed by atoms with Gasteiger partial charge in [-0.15, -0.1) is 0 Å². The van der Waals surface area contributed by atoms with Gasteiger partial charge in [-0.25, -0.2) is 4.68 Å². The van der Waals surface area contributed by atoms with Crippen LogP contribution >= 0.6 is 35.4 Å². The van der Waals surface area contributed by atoms with Gasteiger partial charge in [0.1, 0.15) is 0 Å². The smallest absolute Gasteiger partial charge is 0.198 e. The summed E-state index contributed by atoms with van der Waals surface area (Å²) in [7, 11) is 0. The predicted molar refractivity (Wildman–Crippen MR) is 95.4 cm³/mol. The van der Waals surface area contributed by atoms with Crippen molar-refractivity contribution in [3.63, 3.8) is 0 Å². The topological polar surface area (TPSA) is 22.8 Å². The van der Waals surface area contributed by atoms with Gasteiger partial charge in [0.15, 0.2) is 10.6 Å². The molecule has 0 aliphatic heterocycles. The summed E-state index contributed by atoms with van der Waals surface area (Å²) in [5.74, 6) is 0.877. The first-order valence-corrected chi connectivity index (χ1v) is 8.28. The highest BCUT2D eigenvalue weighted by Crippen LogP contribution is 2.30. The molecule has 3 nitrogen and oxygen atoms in total. The minimum absolute atomic E-state index is 0.553. The molecule has 3 rings (SSSR count). The van der Waals surface area contributed by atoms with Gasteiger partial charge in [0.25, 0.3) is 0 Å². The highest BCUT2D eigenvalue weighted by Gasteiger charge is 2.12. The van der Waals surface area contributed by atoms with Crippen molar-refractivity contribution >= 4 is 46.2 Å². The number of nitrogens with zero attached hydrogens (tertiary/aromatic N) is 3. The molecule has 114 valence electrons. The summed E-state index contributed by atoms with van der Waals surface area (Å²) in [6, 6.07) is 9.89. The van der Waals surface area contributed by atoms with Crippen molar-refractivity contribution in [2.45, 2.75) is 26.9 Å². The number of aryl methyl sites for hydroxylation is 1. The molecule has 0 unspecified atom stereocenters. The zero-order valence-corrected chi connectivity index (χ0v) is 14.6. The molecular weight excluding hydrogens is 337 g/mol. The first-order valence-electron chi connectivity index (χ1n) is 7.12. The maximum absolute atomic E-state index is 6.12. The molecule has 2 aromatic carbocycles. The standard InChI is InChI=1S/C16H15Cl2N3S/c1-3-20-15(19-21(4-2)16(20)22)11-6-5-10-8-13(17)14(18)9-12(10)7-11/h5-9H,3-4H2,1-2H3. The van der Waals surface area contributed by atoms with Gasteiger partial charge in [0.05, 0.1) is 10.0 Å². The van der Waals surface area contributed by atoms with Crippen molar-refractivity contribution in [1.82, 2.24) is 14.3 Å². The molecule has 0 aliphatic carbocycles. The van der Waals surface area contributed by atoms with Crippen molar-refractivity contribution in [2.75, 3.05) is 0 Å². The lowest BCUT2D eigenvalue weighted by Gasteiger charge is -2.06. The first kappa shape index (κ1) is 15.5. The molecule has 0 bridgehead atoms. The fourth-order valence-electron chi connectivity index (χ4n) is 2.53. The van der Waals surface area contributed by atoms with Crippen LogP contribution in [-0.4, -0.2) is 14.3 Å². The third-order valence-corrected chi connectivity index (χ3v) is 4.83. The highest BCUT2D eigenvalue weighted by molar-refractivity contribution is 7.71. The summed E-state index contributed by atoms with van der Waals surface area (Å²) in [5, 5.41) is 7.83. The molecule has 0 saturated heterocycles. The van der Waals surface area contributed by atoms with E-state index in [1.807, 2.05) is 40.4 Å². The second kappa shape index (κ2) is 6.03. The number of rotatable bonds is 3. The molecule has 22 heavy (non-hydrogen) atoms. The van der Waals surface area contributed by atoms with E-state index >= 15 is 0 Å². The minimum Gasteiger partial charge on any atom is -0.300 e. The molecule has 0 fully saturated rings. The quantitative estimate of drug-likeness (QED) is 0.574. The number of benzene rings is 2. The van der Waals surface area contributed by atoms with Crippen molar-refractivity contribution in [1.29, 1.82) is 0 Å². The molecule has 0 amide bonds. The molecule has 0 spiro atoms. The van der Waals surface area contributed by atoms with Crippen LogP contribution in [0.25, 0.3) is 22.2 Å². The summed E-state index contributed by atoms with van der Waals surface area (Å²) in [6.07, 6.45) is 0. The lowest BCUT2D eigenvalue weighted by atomic mass is 10.1. The molecule has 3 aromatic rings. The fraction of sp³-hybridized carbons (Fsp3) is 0.250. The van der Waals surface area contributed by atoms with E-state index in [0.29, 0.717) is 10.0 Å². The van der Waals surface area contributed by atoms with Crippen molar-refractivity contribution in [3.05, 3.63) is 45.1 Å². The van der Waals surface area contributed by atoms with Crippen molar-refractivity contribution in [2.24, 2.45) is 0 Å². The monoisotopic (exact) mass is 351 g/mol. The summed E-state index contributed by atoms with van der Waals surface area (Å²) >= 11 is 17.7. The Morgan fingerprint density at radius 2 is 1.68 bits per heavy atom. The Morgan fingerprint density at radius 1 is 1.00 bits per heavy atom. The summed E-state index contributed by atoms with van der Waals surface area (Å²) in [4.78, 5) is 0. The van der Waals surface area contributed by atoms with E-state index < -0.39 is 0 Å². The van der Waals surface area contributed by atoms with E-state index in [0.717, 1.165) is 40.0 Å². The molecule has 1 aromatic heterocycles. The third-order valence-electron chi connectivity index (χ3n) is 3.68. The van der Waals surface area contributed by atoms with Crippen LogP contribution in [0, 0.1) is 4.77 Å². The third kappa shape index (κ3) is 2.56. The Bertz CT molecular complexity index is 912. The van der Waals surface area contributed by atoms with E-state index in [2.05, 4.69) is 18.1 Å². The van der Waals surface area contributed by atoms with E-state index in [9.17, 15) is 0 Å². The molecule has 0 aliphatic rings. The summed E-state index contributed by atoms with van der Waals surface area (Å²) in [6.45, 7) is 5.65. The Hall–Kier alpha value is -1.36. The van der Waals surface area contributed by atoms with E-state index in [1.165, 1.54) is 0 Å². The first-order chi connectivity index (χ1) is 10.5. The van der Waals surface area contributed by atoms with Gasteiger partial charge in [0, 0.05) is 18.7 Å². The van der Waals surface area contributed by atoms with E-state index in [4.69, 9.17) is 35.4 Å². The lowest BCUT2D eigenvalue weighted by Crippen LogP contribution is -1.99. The largest absolute Gasteiger partial charge is 0.300 e. The van der Waals surface area contributed by atoms with Crippen LogP contribution in [0.3, 0.4) is 0 Å². The van der Waals surface area contributed by atoms with Gasteiger partial charge in [0.2, 0.25) is 0 Å². The number of aromatic nitrogens is 3. The van der Waals surface area contributed by atoms with Crippen molar-refractivity contribution < 1.29 is 0 Å². The van der Waals surface area contributed by atoms with Crippen LogP contribution in [0.4, 0.5) is 0 Å². The van der Waals surface area contributed by atoms with Crippen LogP contribution in [0.2, 0.25) is 10.0 Å². The van der Waals surface area contributed by atoms with Crippen molar-refractivity contribution in [3.8, 4) is 11.4 Å². The zero-order valence-electron chi connectivity index (χ0n) is 12.3. The molecule has 0 radical (unpaired) electrons. The van der Waals surface area contributed by atoms with Gasteiger partial charge in [-0.3, -0.25) is 0 Å². The molecular formula is C16H15Cl2N3S. The van der Waals surface area contributed by atoms with Gasteiger partial charge in [-0.2, -0.15) is 5.10 Å². The summed E-state index contributed by atoms with van der Waals surface area (Å²) in [5.41, 5.74) is 1.02. The lowest BCUT2D eigenvalue weighted by molar-refractivity contribution is 0.633. The Kier molecular flexibility index (Phi) is 4.26. The highest BCUT2D eigenvalue weighted by atomic mass is 35.5. The van der Waals surface area contributed by atoms with Crippen LogP contribution in [0.5, 0.6) is 0 Å². The normalized spacial score (nSPS) is 11.3. The molecule has 0 N–H and O–H groups in total. The maximum Gasteiger partial charge on any atom is 0.198 e. The second-order valence-corrected chi connectivity index (χ2v) is 6.17. The van der Waals surface area contributed by atoms with Gasteiger partial charge < -0.3 is 4.57 Å². The average Bonchev–Trinajstić information content (AvgIpc) is 2.84. The van der Waals surface area contributed by atoms with Crippen LogP contribution in [0.15, 0.2) is 30.3 Å². The molecule has 0 atom stereocenters. The van der Waals surface area contributed by atoms with E-state index in [1.54, 1.807) is 0 Å². The second-order valence-electron chi connectivity index (χ2n) is 4.99. The predicted octanol–water partition coefficient (Wildman–Crippen LogP) is 5.58. The summed E-state index contributed by atoms with van der Waals surface area (Å²) < 4.78 is 4.62. The van der Waals surface area contributed by atoms with Gasteiger partial charge in [-0.05, 0) is 55.0 Å². The number of fused-ring (bicyclic) bond motifs is 1. The van der Waals surface area contributed by atoms with Crippen LogP contribution in [-0.2, 0) is 13.1 Å². The molecule has 6 heteroatoms. The van der Waals surface area contributed by atoms with Gasteiger partial charge >= 0.3 is 0 Å². The van der Waals surface area contributed by atoms with Gasteiger partial charge in [-0.1, -0.05) is 35.3 Å². The Labute approximate surface area is 144 Å². The number of halogens is 2. The number of hydrogen-bond donors (Lipinski definition) is 0. The minimum atomic E-state index is 0.553. The molecule has 0 saturated carbocycles. The number of hydrogen-bond acceptors (Lipinski definition) is 2. The fourth-order valence-corrected chi connectivity index (χ4v) is 3.26. The zero-order chi connectivity index (χ0) is 15.9. The van der Waals surface area contributed by atoms with Crippen LogP contribution in [0.1, 0.15) is 13.8 Å². The Balaban J connectivity index is 2.22. The van der Waals surface area contributed by atoms with Crippen LogP contribution < -0.4 is 0 Å². The average molecular weight is 352 g/mol. The van der Waals surface area contributed by atoms with E-state index in [-0.39, 0.29) is 0 Å².